The summed E-state index contributed by atoms with van der Waals surface area (Å²) in [5.74, 6) is 2.83. The number of allylic oxidation sites excluding steroid dienone is 3. The van der Waals surface area contributed by atoms with Crippen molar-refractivity contribution in [3.63, 3.8) is 0 Å². The molecule has 0 bridgehead atoms. The van der Waals surface area contributed by atoms with Gasteiger partial charge in [0.2, 0.25) is 0 Å². The van der Waals surface area contributed by atoms with Crippen molar-refractivity contribution in [3.8, 4) is 0 Å². The van der Waals surface area contributed by atoms with Gasteiger partial charge in [0, 0.05) is 5.41 Å². The van der Waals surface area contributed by atoms with Crippen LogP contribution < -0.4 is 10.4 Å². The molecule has 2 nitrogen and oxygen atoms in total. The molecule has 0 radical (unpaired) electrons. The number of fused-ring (bicyclic) bond motifs is 2. The molecule has 3 aliphatic carbocycles. The van der Waals surface area contributed by atoms with E-state index in [9.17, 15) is 5.11 Å². The smallest absolute Gasteiger partial charge is 0.261 e. The Bertz CT molecular complexity index is 1310. The van der Waals surface area contributed by atoms with Gasteiger partial charge in [-0.2, -0.15) is 0 Å². The third-order valence-electron chi connectivity index (χ3n) is 11.9. The first-order chi connectivity index (χ1) is 20.9. The average Bonchev–Trinajstić information content (AvgIpc) is 3.53. The molecule has 0 unspecified atom stereocenters. The van der Waals surface area contributed by atoms with Crippen molar-refractivity contribution in [2.75, 3.05) is 6.61 Å². The third kappa shape index (κ3) is 6.26. The van der Waals surface area contributed by atoms with Crippen LogP contribution in [0.2, 0.25) is 5.04 Å². The van der Waals surface area contributed by atoms with Gasteiger partial charge in [-0.15, -0.1) is 0 Å². The fourth-order valence-corrected chi connectivity index (χ4v) is 13.6. The predicted octanol–water partition coefficient (Wildman–Crippen LogP) is 9.25. The summed E-state index contributed by atoms with van der Waals surface area (Å²) < 4.78 is 7.60. The van der Waals surface area contributed by atoms with Crippen LogP contribution >= 0.6 is 0 Å². The SMILES string of the molecule is C/C1=C\[C@@H](O)[C@@]2(C)CC[C@H](C(C)C)[C@@H]2C/C=C(\CO[Si](c2ccccc2)(c2ccccc2)C(C)(C)C)C2=CC[C@H](C)[C@@H]2CC1. The van der Waals surface area contributed by atoms with E-state index >= 15 is 0 Å². The number of benzene rings is 2. The molecule has 3 aliphatic rings. The standard InChI is InChI=1S/C41H58O2Si/c1-29(2)35-25-26-41(8)38(35)24-21-32(37-23-20-31(4)36(37)22-19-30(3)27-39(41)42)28-43-44(40(5,6)7,33-15-11-9-12-16-33)34-17-13-10-14-18-34/h9-18,21,23,27,29,31,35-36,38-39,42H,19-20,22,24-26,28H2,1-8H3/b30-27+,32-21+/t31-,35+,36-,38-,39+,41-/m0/s1. The zero-order valence-electron chi connectivity index (χ0n) is 28.8. The van der Waals surface area contributed by atoms with Gasteiger partial charge in [-0.05, 0) is 102 Å². The molecular weight excluding hydrogens is 553 g/mol. The first-order valence-electron chi connectivity index (χ1n) is 17.4. The lowest BCUT2D eigenvalue weighted by Gasteiger charge is -2.43. The number of hydrogen-bond donors (Lipinski definition) is 1. The summed E-state index contributed by atoms with van der Waals surface area (Å²) in [6.07, 6.45) is 13.6. The Morgan fingerprint density at radius 2 is 1.55 bits per heavy atom. The third-order valence-corrected chi connectivity index (χ3v) is 16.8. The maximum atomic E-state index is 11.7. The Morgan fingerprint density at radius 3 is 2.11 bits per heavy atom. The normalized spacial score (nSPS) is 32.4. The number of aliphatic hydroxyl groups is 1. The maximum Gasteiger partial charge on any atom is 0.261 e. The molecule has 2 aromatic carbocycles. The molecule has 1 fully saturated rings. The second-order valence-corrected chi connectivity index (χ2v) is 20.3. The van der Waals surface area contributed by atoms with E-state index in [-0.39, 0.29) is 10.5 Å². The summed E-state index contributed by atoms with van der Waals surface area (Å²) in [5, 5.41) is 14.3. The van der Waals surface area contributed by atoms with Gasteiger partial charge in [0.1, 0.15) is 0 Å². The van der Waals surface area contributed by atoms with E-state index < -0.39 is 14.4 Å². The summed E-state index contributed by atoms with van der Waals surface area (Å²) >= 11 is 0. The average molecular weight is 611 g/mol. The summed E-state index contributed by atoms with van der Waals surface area (Å²) in [7, 11) is -2.68. The van der Waals surface area contributed by atoms with Crippen LogP contribution in [0.25, 0.3) is 0 Å². The second-order valence-electron chi connectivity index (χ2n) is 16.0. The van der Waals surface area contributed by atoms with Crippen molar-refractivity contribution >= 4 is 18.7 Å². The van der Waals surface area contributed by atoms with E-state index in [2.05, 4.69) is 134 Å². The Morgan fingerprint density at radius 1 is 0.932 bits per heavy atom. The molecule has 6 atom stereocenters. The summed E-state index contributed by atoms with van der Waals surface area (Å²) in [6, 6.07) is 22.1. The molecule has 0 heterocycles. The molecule has 1 N–H and O–H groups in total. The van der Waals surface area contributed by atoms with E-state index in [0.29, 0.717) is 36.2 Å². The minimum atomic E-state index is -2.68. The van der Waals surface area contributed by atoms with Crippen LogP contribution in [-0.4, -0.2) is 26.1 Å². The summed E-state index contributed by atoms with van der Waals surface area (Å²) in [4.78, 5) is 0. The monoisotopic (exact) mass is 610 g/mol. The van der Waals surface area contributed by atoms with E-state index in [1.807, 2.05) is 0 Å². The van der Waals surface area contributed by atoms with Crippen molar-refractivity contribution in [3.05, 3.63) is 95.6 Å². The van der Waals surface area contributed by atoms with Gasteiger partial charge in [0.15, 0.2) is 0 Å². The van der Waals surface area contributed by atoms with Gasteiger partial charge in [0.25, 0.3) is 8.32 Å². The molecule has 0 aromatic heterocycles. The Kier molecular flexibility index (Phi) is 10.00. The molecule has 0 saturated heterocycles. The van der Waals surface area contributed by atoms with Gasteiger partial charge in [0.05, 0.1) is 12.7 Å². The van der Waals surface area contributed by atoms with E-state index in [1.54, 1.807) is 0 Å². The molecule has 238 valence electrons. The Balaban J connectivity index is 1.61. The number of hydrogen-bond acceptors (Lipinski definition) is 2. The summed E-state index contributed by atoms with van der Waals surface area (Å²) in [6.45, 7) is 19.6. The molecule has 1 saturated carbocycles. The highest BCUT2D eigenvalue weighted by molar-refractivity contribution is 6.99. The molecule has 3 heteroatoms. The molecular formula is C41H58O2Si. The minimum absolute atomic E-state index is 0.0584. The molecule has 2 aromatic rings. The number of aliphatic hydroxyl groups excluding tert-OH is 1. The highest BCUT2D eigenvalue weighted by Crippen LogP contribution is 2.54. The molecule has 5 rings (SSSR count). The Hall–Kier alpha value is -2.20. The predicted molar refractivity (Wildman–Crippen MR) is 190 cm³/mol. The number of rotatable bonds is 6. The van der Waals surface area contributed by atoms with Gasteiger partial charge in [-0.1, -0.05) is 133 Å². The first-order valence-corrected chi connectivity index (χ1v) is 19.3. The highest BCUT2D eigenvalue weighted by atomic mass is 28.4. The lowest BCUT2D eigenvalue weighted by molar-refractivity contribution is 0.0286. The van der Waals surface area contributed by atoms with Gasteiger partial charge in [-0.25, -0.2) is 0 Å². The van der Waals surface area contributed by atoms with Crippen LogP contribution in [0.1, 0.15) is 93.9 Å². The maximum absolute atomic E-state index is 11.7. The minimum Gasteiger partial charge on any atom is -0.403 e. The van der Waals surface area contributed by atoms with Gasteiger partial charge < -0.3 is 9.53 Å². The quantitative estimate of drug-likeness (QED) is 0.261. The second kappa shape index (κ2) is 13.3. The zero-order valence-corrected chi connectivity index (χ0v) is 29.8. The van der Waals surface area contributed by atoms with Crippen LogP contribution in [-0.2, 0) is 4.43 Å². The fraction of sp³-hybridized carbons (Fsp3) is 0.561. The van der Waals surface area contributed by atoms with Crippen LogP contribution in [0.5, 0.6) is 0 Å². The van der Waals surface area contributed by atoms with E-state index in [4.69, 9.17) is 4.43 Å². The topological polar surface area (TPSA) is 29.5 Å². The van der Waals surface area contributed by atoms with E-state index in [0.717, 1.165) is 32.1 Å². The molecule has 0 spiro atoms. The van der Waals surface area contributed by atoms with Crippen molar-refractivity contribution in [2.24, 2.45) is 35.0 Å². The molecule has 0 amide bonds. The van der Waals surface area contributed by atoms with Crippen molar-refractivity contribution in [1.29, 1.82) is 0 Å². The van der Waals surface area contributed by atoms with Crippen LogP contribution in [0.3, 0.4) is 0 Å². The lowest BCUT2D eigenvalue weighted by atomic mass is 9.68. The van der Waals surface area contributed by atoms with E-state index in [1.165, 1.54) is 33.5 Å². The highest BCUT2D eigenvalue weighted by Gasteiger charge is 2.51. The van der Waals surface area contributed by atoms with Crippen LogP contribution in [0.15, 0.2) is 95.6 Å². The lowest BCUT2D eigenvalue weighted by Crippen LogP contribution is -2.66. The Labute approximate surface area is 269 Å². The van der Waals surface area contributed by atoms with Crippen LogP contribution in [0, 0.1) is 35.0 Å². The van der Waals surface area contributed by atoms with Gasteiger partial charge in [-0.3, -0.25) is 0 Å². The summed E-state index contributed by atoms with van der Waals surface area (Å²) in [5.41, 5.74) is 4.18. The van der Waals surface area contributed by atoms with Crippen LogP contribution in [0.4, 0.5) is 0 Å². The molecule has 0 aliphatic heterocycles. The zero-order chi connectivity index (χ0) is 31.7. The largest absolute Gasteiger partial charge is 0.403 e. The fourth-order valence-electron chi connectivity index (χ4n) is 9.11. The van der Waals surface area contributed by atoms with Crippen molar-refractivity contribution < 1.29 is 9.53 Å². The first kappa shape index (κ1) is 33.2. The van der Waals surface area contributed by atoms with Crippen molar-refractivity contribution in [2.45, 2.75) is 105 Å². The van der Waals surface area contributed by atoms with Crippen molar-refractivity contribution in [1.82, 2.24) is 0 Å². The molecule has 44 heavy (non-hydrogen) atoms. The van der Waals surface area contributed by atoms with Gasteiger partial charge >= 0.3 is 0 Å².